The zero-order chi connectivity index (χ0) is 15.5. The van der Waals surface area contributed by atoms with E-state index in [0.29, 0.717) is 0 Å². The van der Waals surface area contributed by atoms with Gasteiger partial charge in [-0.3, -0.25) is 4.98 Å². The van der Waals surface area contributed by atoms with Crippen molar-refractivity contribution >= 4 is 0 Å². The number of hydrogen-bond donors (Lipinski definition) is 0. The molecule has 0 fully saturated rings. The standard InChI is InChI=1S/C19H14N4/c1-2-8-15(9-3-1)18-14-17(16-10-4-6-12-20-16)22-23(18)19-11-5-7-13-21-19/h1-14H. The van der Waals surface area contributed by atoms with Gasteiger partial charge in [-0.05, 0) is 30.3 Å². The van der Waals surface area contributed by atoms with Crippen LogP contribution in [0, 0.1) is 0 Å². The number of aromatic nitrogens is 4. The Morgan fingerprint density at radius 1 is 0.652 bits per heavy atom. The molecule has 0 radical (unpaired) electrons. The predicted molar refractivity (Wildman–Crippen MR) is 90.0 cm³/mol. The smallest absolute Gasteiger partial charge is 0.153 e. The molecule has 110 valence electrons. The lowest BCUT2D eigenvalue weighted by Crippen LogP contribution is -2.01. The van der Waals surface area contributed by atoms with Gasteiger partial charge in [0.1, 0.15) is 5.69 Å². The van der Waals surface area contributed by atoms with E-state index in [4.69, 9.17) is 5.10 Å². The van der Waals surface area contributed by atoms with Gasteiger partial charge in [-0.2, -0.15) is 5.10 Å². The zero-order valence-corrected chi connectivity index (χ0v) is 12.4. The van der Waals surface area contributed by atoms with Crippen molar-refractivity contribution in [2.24, 2.45) is 0 Å². The summed E-state index contributed by atoms with van der Waals surface area (Å²) in [5.74, 6) is 0.786. The molecule has 0 unspecified atom stereocenters. The summed E-state index contributed by atoms with van der Waals surface area (Å²) >= 11 is 0. The average Bonchev–Trinajstić information content (AvgIpc) is 3.09. The van der Waals surface area contributed by atoms with Gasteiger partial charge >= 0.3 is 0 Å². The number of hydrogen-bond acceptors (Lipinski definition) is 3. The van der Waals surface area contributed by atoms with E-state index in [9.17, 15) is 0 Å². The molecule has 0 saturated heterocycles. The van der Waals surface area contributed by atoms with Crippen LogP contribution in [0.5, 0.6) is 0 Å². The van der Waals surface area contributed by atoms with E-state index in [1.807, 2.05) is 65.3 Å². The zero-order valence-electron chi connectivity index (χ0n) is 12.4. The fourth-order valence-electron chi connectivity index (χ4n) is 2.49. The van der Waals surface area contributed by atoms with Gasteiger partial charge < -0.3 is 0 Å². The molecule has 4 nitrogen and oxygen atoms in total. The average molecular weight is 298 g/mol. The Balaban J connectivity index is 1.91. The molecule has 0 spiro atoms. The lowest BCUT2D eigenvalue weighted by molar-refractivity contribution is 0.856. The van der Waals surface area contributed by atoms with Crippen molar-refractivity contribution in [3.8, 4) is 28.5 Å². The lowest BCUT2D eigenvalue weighted by atomic mass is 10.1. The predicted octanol–water partition coefficient (Wildman–Crippen LogP) is 4.00. The minimum Gasteiger partial charge on any atom is -0.255 e. The molecule has 0 amide bonds. The molecule has 23 heavy (non-hydrogen) atoms. The van der Waals surface area contributed by atoms with Crippen LogP contribution in [0.15, 0.2) is 85.2 Å². The van der Waals surface area contributed by atoms with E-state index >= 15 is 0 Å². The second kappa shape index (κ2) is 5.85. The maximum Gasteiger partial charge on any atom is 0.153 e. The summed E-state index contributed by atoms with van der Waals surface area (Å²) in [6.07, 6.45) is 3.55. The van der Waals surface area contributed by atoms with Crippen molar-refractivity contribution in [3.05, 3.63) is 85.2 Å². The molecule has 0 aliphatic heterocycles. The largest absolute Gasteiger partial charge is 0.255 e. The number of rotatable bonds is 3. The fourth-order valence-corrected chi connectivity index (χ4v) is 2.49. The van der Waals surface area contributed by atoms with Gasteiger partial charge in [0.2, 0.25) is 0 Å². The van der Waals surface area contributed by atoms with Crippen molar-refractivity contribution < 1.29 is 0 Å². The number of nitrogens with zero attached hydrogens (tertiary/aromatic N) is 4. The maximum absolute atomic E-state index is 4.72. The van der Waals surface area contributed by atoms with Gasteiger partial charge in [-0.25, -0.2) is 9.67 Å². The Hall–Kier alpha value is -3.27. The first-order valence-corrected chi connectivity index (χ1v) is 7.40. The molecule has 0 N–H and O–H groups in total. The van der Waals surface area contributed by atoms with Crippen LogP contribution in [-0.2, 0) is 0 Å². The fraction of sp³-hybridized carbons (Fsp3) is 0. The highest BCUT2D eigenvalue weighted by atomic mass is 15.3. The Kier molecular flexibility index (Phi) is 3.41. The van der Waals surface area contributed by atoms with E-state index in [1.165, 1.54) is 0 Å². The first-order valence-electron chi connectivity index (χ1n) is 7.40. The summed E-state index contributed by atoms with van der Waals surface area (Å²) in [7, 11) is 0. The summed E-state index contributed by atoms with van der Waals surface area (Å²) < 4.78 is 1.86. The molecule has 0 aliphatic carbocycles. The molecular weight excluding hydrogens is 284 g/mol. The van der Waals surface area contributed by atoms with E-state index < -0.39 is 0 Å². The second-order valence-corrected chi connectivity index (χ2v) is 5.10. The summed E-state index contributed by atoms with van der Waals surface area (Å²) in [4.78, 5) is 8.82. The molecule has 0 atom stereocenters. The molecule has 4 heteroatoms. The van der Waals surface area contributed by atoms with Gasteiger partial charge in [-0.1, -0.05) is 42.5 Å². The van der Waals surface area contributed by atoms with E-state index in [0.717, 1.165) is 28.5 Å². The lowest BCUT2D eigenvalue weighted by Gasteiger charge is -2.05. The van der Waals surface area contributed by atoms with Gasteiger partial charge in [0.15, 0.2) is 5.82 Å². The summed E-state index contributed by atoms with van der Waals surface area (Å²) in [6, 6.07) is 23.8. The molecule has 4 aromatic rings. The molecular formula is C19H14N4. The summed E-state index contributed by atoms with van der Waals surface area (Å²) in [5.41, 5.74) is 3.76. The van der Waals surface area contributed by atoms with Crippen LogP contribution in [0.3, 0.4) is 0 Å². The van der Waals surface area contributed by atoms with Crippen LogP contribution in [0.25, 0.3) is 28.5 Å². The summed E-state index contributed by atoms with van der Waals surface area (Å²) in [6.45, 7) is 0. The number of pyridine rings is 2. The Morgan fingerprint density at radius 3 is 2.09 bits per heavy atom. The third kappa shape index (κ3) is 2.62. The monoisotopic (exact) mass is 298 g/mol. The highest BCUT2D eigenvalue weighted by Crippen LogP contribution is 2.27. The van der Waals surface area contributed by atoms with Gasteiger partial charge in [0, 0.05) is 18.0 Å². The Labute approximate surface area is 134 Å². The molecule has 3 heterocycles. The normalized spacial score (nSPS) is 10.6. The number of benzene rings is 1. The van der Waals surface area contributed by atoms with Gasteiger partial charge in [0.25, 0.3) is 0 Å². The molecule has 4 rings (SSSR count). The van der Waals surface area contributed by atoms with Crippen molar-refractivity contribution in [2.45, 2.75) is 0 Å². The van der Waals surface area contributed by atoms with Gasteiger partial charge in [-0.15, -0.1) is 0 Å². The third-order valence-electron chi connectivity index (χ3n) is 3.57. The van der Waals surface area contributed by atoms with Crippen LogP contribution >= 0.6 is 0 Å². The molecule has 3 aromatic heterocycles. The Bertz CT molecular complexity index is 843. The molecule has 0 aliphatic rings. The van der Waals surface area contributed by atoms with Crippen molar-refractivity contribution in [3.63, 3.8) is 0 Å². The van der Waals surface area contributed by atoms with Crippen LogP contribution in [-0.4, -0.2) is 19.7 Å². The minimum atomic E-state index is 0.786. The van der Waals surface area contributed by atoms with Crippen molar-refractivity contribution in [2.75, 3.05) is 0 Å². The van der Waals surface area contributed by atoms with Crippen molar-refractivity contribution in [1.29, 1.82) is 0 Å². The third-order valence-corrected chi connectivity index (χ3v) is 3.57. The minimum absolute atomic E-state index is 0.786. The topological polar surface area (TPSA) is 43.6 Å². The first kappa shape index (κ1) is 13.4. The van der Waals surface area contributed by atoms with E-state index in [-0.39, 0.29) is 0 Å². The van der Waals surface area contributed by atoms with E-state index in [1.54, 1.807) is 12.4 Å². The highest BCUT2D eigenvalue weighted by Gasteiger charge is 2.13. The molecule has 0 bridgehead atoms. The maximum atomic E-state index is 4.72. The van der Waals surface area contributed by atoms with Crippen LogP contribution < -0.4 is 0 Å². The van der Waals surface area contributed by atoms with Crippen LogP contribution in [0.4, 0.5) is 0 Å². The summed E-state index contributed by atoms with van der Waals surface area (Å²) in [5, 5.41) is 4.72. The Morgan fingerprint density at radius 2 is 1.39 bits per heavy atom. The molecule has 1 aromatic carbocycles. The molecule has 0 saturated carbocycles. The highest BCUT2D eigenvalue weighted by molar-refractivity contribution is 5.68. The van der Waals surface area contributed by atoms with Crippen LogP contribution in [0.2, 0.25) is 0 Å². The van der Waals surface area contributed by atoms with Crippen molar-refractivity contribution in [1.82, 2.24) is 19.7 Å². The SMILES string of the molecule is c1ccc(-c2cc(-c3ccccn3)nn2-c2ccccn2)cc1. The van der Waals surface area contributed by atoms with Crippen LogP contribution in [0.1, 0.15) is 0 Å². The quantitative estimate of drug-likeness (QED) is 0.574. The second-order valence-electron chi connectivity index (χ2n) is 5.10. The van der Waals surface area contributed by atoms with Gasteiger partial charge in [0.05, 0.1) is 11.4 Å². The van der Waals surface area contributed by atoms with E-state index in [2.05, 4.69) is 22.1 Å². The first-order chi connectivity index (χ1) is 11.4.